The van der Waals surface area contributed by atoms with E-state index in [0.29, 0.717) is 10.4 Å². The maximum absolute atomic E-state index is 13.1. The molecule has 0 atom stereocenters. The van der Waals surface area contributed by atoms with Crippen LogP contribution >= 0.6 is 22.9 Å². The van der Waals surface area contributed by atoms with Gasteiger partial charge in [0, 0.05) is 16.1 Å². The second-order valence-electron chi connectivity index (χ2n) is 3.77. The molecule has 0 saturated heterocycles. The fourth-order valence-corrected chi connectivity index (χ4v) is 2.45. The first kappa shape index (κ1) is 14.5. The zero-order valence-corrected chi connectivity index (χ0v) is 11.7. The van der Waals surface area contributed by atoms with Crippen molar-refractivity contribution in [3.8, 4) is 11.8 Å². The number of carbonyl (C=O) groups is 1. The van der Waals surface area contributed by atoms with E-state index in [1.807, 2.05) is 0 Å². The van der Waals surface area contributed by atoms with Crippen molar-refractivity contribution in [3.05, 3.63) is 50.9 Å². The number of carbonyl (C=O) groups excluding carboxylic acids is 1. The number of nitrogens with one attached hydrogen (secondary N) is 1. The van der Waals surface area contributed by atoms with Crippen LogP contribution in [-0.4, -0.2) is 17.6 Å². The lowest BCUT2D eigenvalue weighted by Crippen LogP contribution is -2.10. The van der Waals surface area contributed by atoms with E-state index < -0.39 is 5.82 Å². The quantitative estimate of drug-likeness (QED) is 0.837. The van der Waals surface area contributed by atoms with Crippen molar-refractivity contribution in [3.63, 3.8) is 0 Å². The highest BCUT2D eigenvalue weighted by Gasteiger charge is 2.09. The number of hydrogen-bond acceptors (Lipinski definition) is 3. The van der Waals surface area contributed by atoms with Gasteiger partial charge in [-0.1, -0.05) is 23.4 Å². The summed E-state index contributed by atoms with van der Waals surface area (Å²) >= 11 is 7.00. The number of halogens is 2. The average molecular weight is 310 g/mol. The summed E-state index contributed by atoms with van der Waals surface area (Å²) in [4.78, 5) is 12.6. The van der Waals surface area contributed by atoms with Crippen molar-refractivity contribution in [1.29, 1.82) is 0 Å². The van der Waals surface area contributed by atoms with Crippen LogP contribution in [0.15, 0.2) is 29.6 Å². The van der Waals surface area contributed by atoms with Crippen LogP contribution < -0.4 is 5.32 Å². The number of rotatable bonds is 2. The Kier molecular flexibility index (Phi) is 4.74. The summed E-state index contributed by atoms with van der Waals surface area (Å²) in [5.41, 5.74) is 0.701. The number of amides is 1. The Morgan fingerprint density at radius 3 is 2.90 bits per heavy atom. The highest BCUT2D eigenvalue weighted by molar-refractivity contribution is 7.10. The number of hydrogen-bond donors (Lipinski definition) is 2. The lowest BCUT2D eigenvalue weighted by atomic mass is 10.2. The van der Waals surface area contributed by atoms with Gasteiger partial charge in [-0.2, -0.15) is 0 Å². The van der Waals surface area contributed by atoms with Gasteiger partial charge in [-0.3, -0.25) is 4.79 Å². The first-order valence-electron chi connectivity index (χ1n) is 5.54. The Hall–Kier alpha value is -1.87. The van der Waals surface area contributed by atoms with Crippen molar-refractivity contribution >= 4 is 34.5 Å². The first-order valence-corrected chi connectivity index (χ1v) is 6.80. The molecule has 1 aromatic carbocycles. The zero-order valence-electron chi connectivity index (χ0n) is 10.1. The molecule has 1 aromatic heterocycles. The van der Waals surface area contributed by atoms with E-state index in [9.17, 15) is 9.18 Å². The van der Waals surface area contributed by atoms with Gasteiger partial charge in [-0.25, -0.2) is 4.39 Å². The van der Waals surface area contributed by atoms with Gasteiger partial charge in [-0.15, -0.1) is 11.3 Å². The molecule has 2 N–H and O–H groups in total. The minimum absolute atomic E-state index is 0.208. The van der Waals surface area contributed by atoms with Gasteiger partial charge in [0.05, 0.1) is 10.4 Å². The molecule has 1 heterocycles. The topological polar surface area (TPSA) is 49.3 Å². The van der Waals surface area contributed by atoms with Crippen molar-refractivity contribution < 1.29 is 14.3 Å². The Morgan fingerprint density at radius 1 is 1.40 bits per heavy atom. The standard InChI is InChI=1S/C14H9ClFNO2S/c15-10-5-11(16)7-12(6-10)17-14(19)9-4-13(20-8-9)2-1-3-18/h4-8,18H,3H2,(H,17,19). The molecule has 20 heavy (non-hydrogen) atoms. The average Bonchev–Trinajstić information content (AvgIpc) is 2.83. The minimum Gasteiger partial charge on any atom is -0.384 e. The minimum atomic E-state index is -0.521. The molecule has 0 aliphatic heterocycles. The van der Waals surface area contributed by atoms with Crippen LogP contribution in [0, 0.1) is 17.7 Å². The van der Waals surface area contributed by atoms with Crippen LogP contribution in [0.25, 0.3) is 0 Å². The van der Waals surface area contributed by atoms with Crippen molar-refractivity contribution in [2.75, 3.05) is 11.9 Å². The number of aliphatic hydroxyl groups is 1. The van der Waals surface area contributed by atoms with E-state index in [-0.39, 0.29) is 23.2 Å². The van der Waals surface area contributed by atoms with Crippen LogP contribution in [0.3, 0.4) is 0 Å². The maximum atomic E-state index is 13.1. The molecule has 0 aliphatic carbocycles. The lowest BCUT2D eigenvalue weighted by Gasteiger charge is -2.04. The third-order valence-electron chi connectivity index (χ3n) is 2.27. The summed E-state index contributed by atoms with van der Waals surface area (Å²) < 4.78 is 13.1. The number of benzene rings is 1. The van der Waals surface area contributed by atoms with Gasteiger partial charge in [-0.05, 0) is 24.3 Å². The molecule has 3 nitrogen and oxygen atoms in total. The summed E-state index contributed by atoms with van der Waals surface area (Å²) in [6.45, 7) is -0.235. The number of thiophene rings is 1. The van der Waals surface area contributed by atoms with Gasteiger partial charge >= 0.3 is 0 Å². The van der Waals surface area contributed by atoms with Crippen LogP contribution in [0.2, 0.25) is 5.02 Å². The fourth-order valence-electron chi connectivity index (χ4n) is 1.48. The van der Waals surface area contributed by atoms with Gasteiger partial charge in [0.1, 0.15) is 12.4 Å². The van der Waals surface area contributed by atoms with E-state index in [1.165, 1.54) is 23.5 Å². The molecule has 0 bridgehead atoms. The van der Waals surface area contributed by atoms with E-state index in [2.05, 4.69) is 17.2 Å². The van der Waals surface area contributed by atoms with Crippen molar-refractivity contribution in [2.24, 2.45) is 0 Å². The zero-order chi connectivity index (χ0) is 14.5. The number of aliphatic hydroxyl groups excluding tert-OH is 1. The van der Waals surface area contributed by atoms with Crippen molar-refractivity contribution in [1.82, 2.24) is 0 Å². The predicted molar refractivity (Wildman–Crippen MR) is 77.6 cm³/mol. The van der Waals surface area contributed by atoms with Gasteiger partial charge in [0.25, 0.3) is 5.91 Å². The fraction of sp³-hybridized carbons (Fsp3) is 0.0714. The smallest absolute Gasteiger partial charge is 0.256 e. The SMILES string of the molecule is O=C(Nc1cc(F)cc(Cl)c1)c1csc(C#CCO)c1. The summed E-state index contributed by atoms with van der Waals surface area (Å²) in [6.07, 6.45) is 0. The third kappa shape index (κ3) is 3.81. The number of anilines is 1. The molecule has 2 rings (SSSR count). The van der Waals surface area contributed by atoms with Gasteiger partial charge < -0.3 is 10.4 Å². The lowest BCUT2D eigenvalue weighted by molar-refractivity contribution is 0.102. The highest BCUT2D eigenvalue weighted by Crippen LogP contribution is 2.20. The summed E-state index contributed by atoms with van der Waals surface area (Å²) in [5.74, 6) is 4.31. The van der Waals surface area contributed by atoms with E-state index in [4.69, 9.17) is 16.7 Å². The van der Waals surface area contributed by atoms with Crippen LogP contribution in [-0.2, 0) is 0 Å². The molecule has 0 fully saturated rings. The molecular weight excluding hydrogens is 301 g/mol. The molecule has 0 aliphatic rings. The molecule has 0 spiro atoms. The normalized spacial score (nSPS) is 9.75. The largest absolute Gasteiger partial charge is 0.384 e. The van der Waals surface area contributed by atoms with E-state index in [0.717, 1.165) is 6.07 Å². The Bertz CT molecular complexity index is 682. The van der Waals surface area contributed by atoms with E-state index in [1.54, 1.807) is 11.4 Å². The molecule has 0 radical (unpaired) electrons. The maximum Gasteiger partial charge on any atom is 0.256 e. The molecule has 0 saturated carbocycles. The third-order valence-corrected chi connectivity index (χ3v) is 3.34. The van der Waals surface area contributed by atoms with Gasteiger partial charge in [0.15, 0.2) is 0 Å². The van der Waals surface area contributed by atoms with Crippen LogP contribution in [0.4, 0.5) is 10.1 Å². The second kappa shape index (κ2) is 6.53. The summed E-state index contributed by atoms with van der Waals surface area (Å²) in [5, 5.41) is 13.0. The second-order valence-corrected chi connectivity index (χ2v) is 5.12. The van der Waals surface area contributed by atoms with Crippen molar-refractivity contribution in [2.45, 2.75) is 0 Å². The molecule has 1 amide bonds. The van der Waals surface area contributed by atoms with Crippen LogP contribution in [0.5, 0.6) is 0 Å². The highest BCUT2D eigenvalue weighted by atomic mass is 35.5. The van der Waals surface area contributed by atoms with Crippen LogP contribution in [0.1, 0.15) is 15.2 Å². The predicted octanol–water partition coefficient (Wildman–Crippen LogP) is 3.14. The van der Waals surface area contributed by atoms with E-state index >= 15 is 0 Å². The molecule has 2 aromatic rings. The Morgan fingerprint density at radius 2 is 2.20 bits per heavy atom. The Labute approximate surface area is 124 Å². The van der Waals surface area contributed by atoms with Gasteiger partial charge in [0.2, 0.25) is 0 Å². The molecule has 6 heteroatoms. The first-order chi connectivity index (χ1) is 9.58. The Balaban J connectivity index is 2.13. The molecular formula is C14H9ClFNO2S. The molecule has 102 valence electrons. The summed E-state index contributed by atoms with van der Waals surface area (Å²) in [7, 11) is 0. The molecule has 0 unspecified atom stereocenters. The summed E-state index contributed by atoms with van der Waals surface area (Å²) in [6, 6.07) is 5.40. The monoisotopic (exact) mass is 309 g/mol.